The monoisotopic (exact) mass is 293 g/mol. The van der Waals surface area contributed by atoms with Crippen LogP contribution < -0.4 is 0 Å². The third-order valence-corrected chi connectivity index (χ3v) is 4.84. The molecule has 2 fully saturated rings. The van der Waals surface area contributed by atoms with Crippen LogP contribution in [0.1, 0.15) is 71.1 Å². The summed E-state index contributed by atoms with van der Waals surface area (Å²) < 4.78 is 0. The van der Waals surface area contributed by atoms with Crippen molar-refractivity contribution in [1.29, 1.82) is 5.41 Å². The average molecular weight is 293 g/mol. The molecule has 2 rings (SSSR count). The van der Waals surface area contributed by atoms with Gasteiger partial charge in [-0.05, 0) is 19.3 Å². The topological polar surface area (TPSA) is 47.4 Å². The number of carbonyl (C=O) groups is 1. The van der Waals surface area contributed by atoms with Gasteiger partial charge >= 0.3 is 0 Å². The van der Waals surface area contributed by atoms with Gasteiger partial charge in [0.1, 0.15) is 5.84 Å². The second kappa shape index (κ2) is 8.40. The summed E-state index contributed by atoms with van der Waals surface area (Å²) in [4.78, 5) is 16.0. The van der Waals surface area contributed by atoms with Crippen molar-refractivity contribution >= 4 is 11.7 Å². The zero-order chi connectivity index (χ0) is 15.1. The van der Waals surface area contributed by atoms with Gasteiger partial charge in [-0.3, -0.25) is 10.2 Å². The predicted molar refractivity (Wildman–Crippen MR) is 86.6 cm³/mol. The number of piperazine rings is 1. The summed E-state index contributed by atoms with van der Waals surface area (Å²) in [7, 11) is 0. The molecular weight excluding hydrogens is 262 g/mol. The van der Waals surface area contributed by atoms with Crippen molar-refractivity contribution in [3.05, 3.63) is 0 Å². The van der Waals surface area contributed by atoms with Crippen LogP contribution in [0, 0.1) is 5.41 Å². The average Bonchev–Trinajstić information content (AvgIpc) is 2.97. The SMILES string of the molecule is CCCCCCCCCCN1CC(=O)N2CCCC2C1=N. The van der Waals surface area contributed by atoms with Crippen molar-refractivity contribution in [1.82, 2.24) is 9.80 Å². The highest BCUT2D eigenvalue weighted by atomic mass is 16.2. The first-order valence-corrected chi connectivity index (χ1v) is 8.87. The molecule has 0 spiro atoms. The van der Waals surface area contributed by atoms with Gasteiger partial charge < -0.3 is 9.80 Å². The van der Waals surface area contributed by atoms with E-state index in [0.717, 1.165) is 32.4 Å². The van der Waals surface area contributed by atoms with Crippen LogP contribution >= 0.6 is 0 Å². The van der Waals surface area contributed by atoms with Crippen molar-refractivity contribution in [2.75, 3.05) is 19.6 Å². The maximum Gasteiger partial charge on any atom is 0.242 e. The lowest BCUT2D eigenvalue weighted by molar-refractivity contribution is -0.133. The fourth-order valence-corrected chi connectivity index (χ4v) is 3.54. The van der Waals surface area contributed by atoms with Crippen LogP contribution in [0.15, 0.2) is 0 Å². The van der Waals surface area contributed by atoms with E-state index in [2.05, 4.69) is 6.92 Å². The lowest BCUT2D eigenvalue weighted by Gasteiger charge is -2.38. The van der Waals surface area contributed by atoms with Gasteiger partial charge in [-0.2, -0.15) is 0 Å². The quantitative estimate of drug-likeness (QED) is 0.662. The summed E-state index contributed by atoms with van der Waals surface area (Å²) in [5.41, 5.74) is 0. The third kappa shape index (κ3) is 4.45. The van der Waals surface area contributed by atoms with Crippen LogP contribution in [-0.4, -0.2) is 47.2 Å². The largest absolute Gasteiger partial charge is 0.349 e. The highest BCUT2D eigenvalue weighted by molar-refractivity contribution is 5.96. The third-order valence-electron chi connectivity index (χ3n) is 4.84. The van der Waals surface area contributed by atoms with Crippen molar-refractivity contribution in [3.63, 3.8) is 0 Å². The van der Waals surface area contributed by atoms with E-state index < -0.39 is 0 Å². The fourth-order valence-electron chi connectivity index (χ4n) is 3.54. The number of rotatable bonds is 9. The molecular formula is C17H31N3O. The Labute approximate surface area is 129 Å². The van der Waals surface area contributed by atoms with E-state index in [9.17, 15) is 4.79 Å². The molecule has 1 amide bonds. The van der Waals surface area contributed by atoms with Gasteiger partial charge in [0.2, 0.25) is 5.91 Å². The van der Waals surface area contributed by atoms with E-state index in [1.165, 1.54) is 44.9 Å². The maximum atomic E-state index is 12.1. The first-order valence-electron chi connectivity index (χ1n) is 8.87. The molecule has 4 heteroatoms. The van der Waals surface area contributed by atoms with Gasteiger partial charge in [-0.25, -0.2) is 0 Å². The lowest BCUT2D eigenvalue weighted by Crippen LogP contribution is -2.57. The van der Waals surface area contributed by atoms with Crippen LogP contribution in [-0.2, 0) is 4.79 Å². The van der Waals surface area contributed by atoms with Gasteiger partial charge in [0.15, 0.2) is 0 Å². The summed E-state index contributed by atoms with van der Waals surface area (Å²) >= 11 is 0. The van der Waals surface area contributed by atoms with Gasteiger partial charge in [0.25, 0.3) is 0 Å². The lowest BCUT2D eigenvalue weighted by atomic mass is 10.1. The minimum Gasteiger partial charge on any atom is -0.349 e. The van der Waals surface area contributed by atoms with Gasteiger partial charge in [-0.1, -0.05) is 51.9 Å². The molecule has 0 aromatic carbocycles. The Kier molecular flexibility index (Phi) is 6.52. The van der Waals surface area contributed by atoms with E-state index in [4.69, 9.17) is 5.41 Å². The molecule has 2 aliphatic rings. The molecule has 2 saturated heterocycles. The Morgan fingerprint density at radius 1 is 1.10 bits per heavy atom. The number of amides is 1. The van der Waals surface area contributed by atoms with Crippen molar-refractivity contribution < 1.29 is 4.79 Å². The molecule has 0 aromatic rings. The summed E-state index contributed by atoms with van der Waals surface area (Å²) in [6.45, 7) is 4.44. The summed E-state index contributed by atoms with van der Waals surface area (Å²) in [5, 5.41) is 8.29. The van der Waals surface area contributed by atoms with E-state index in [1.54, 1.807) is 0 Å². The minimum absolute atomic E-state index is 0.0836. The Morgan fingerprint density at radius 2 is 1.76 bits per heavy atom. The van der Waals surface area contributed by atoms with Gasteiger partial charge in [0, 0.05) is 13.1 Å². The highest BCUT2D eigenvalue weighted by Crippen LogP contribution is 2.24. The number of amidine groups is 1. The Morgan fingerprint density at radius 3 is 2.48 bits per heavy atom. The molecule has 4 nitrogen and oxygen atoms in total. The van der Waals surface area contributed by atoms with Crippen LogP contribution in [0.5, 0.6) is 0 Å². The highest BCUT2D eigenvalue weighted by Gasteiger charge is 2.39. The molecule has 1 atom stereocenters. The number of nitrogens with zero attached hydrogens (tertiary/aromatic N) is 2. The molecule has 21 heavy (non-hydrogen) atoms. The van der Waals surface area contributed by atoms with Crippen molar-refractivity contribution in [2.45, 2.75) is 77.2 Å². The van der Waals surface area contributed by atoms with Crippen molar-refractivity contribution in [3.8, 4) is 0 Å². The first-order chi connectivity index (χ1) is 10.2. The predicted octanol–water partition coefficient (Wildman–Crippen LogP) is 3.41. The molecule has 2 heterocycles. The number of carbonyl (C=O) groups excluding carboxylic acids is 1. The Bertz CT molecular complexity index is 356. The molecule has 1 unspecified atom stereocenters. The second-order valence-electron chi connectivity index (χ2n) is 6.53. The number of hydrogen-bond acceptors (Lipinski definition) is 2. The molecule has 0 aliphatic carbocycles. The molecule has 0 saturated carbocycles. The zero-order valence-corrected chi connectivity index (χ0v) is 13.6. The number of unbranched alkanes of at least 4 members (excludes halogenated alkanes) is 7. The van der Waals surface area contributed by atoms with Gasteiger partial charge in [-0.15, -0.1) is 0 Å². The minimum atomic E-state index is 0.0836. The normalized spacial score (nSPS) is 22.0. The molecule has 0 bridgehead atoms. The van der Waals surface area contributed by atoms with E-state index in [-0.39, 0.29) is 11.9 Å². The van der Waals surface area contributed by atoms with E-state index >= 15 is 0 Å². The number of nitrogens with one attached hydrogen (secondary N) is 1. The van der Waals surface area contributed by atoms with Gasteiger partial charge in [0.05, 0.1) is 12.6 Å². The van der Waals surface area contributed by atoms with Crippen molar-refractivity contribution in [2.24, 2.45) is 0 Å². The van der Waals surface area contributed by atoms with Crippen LogP contribution in [0.2, 0.25) is 0 Å². The maximum absolute atomic E-state index is 12.1. The standard InChI is InChI=1S/C17H31N3O/c1-2-3-4-5-6-7-8-9-12-19-14-16(21)20-13-10-11-15(20)17(19)18/h15,18H,2-14H2,1H3. The number of fused-ring (bicyclic) bond motifs is 1. The van der Waals surface area contributed by atoms with E-state index in [1.807, 2.05) is 9.80 Å². The summed E-state index contributed by atoms with van der Waals surface area (Å²) in [6, 6.07) is 0.0836. The van der Waals surface area contributed by atoms with Crippen LogP contribution in [0.25, 0.3) is 0 Å². The van der Waals surface area contributed by atoms with Crippen LogP contribution in [0.4, 0.5) is 0 Å². The fraction of sp³-hybridized carbons (Fsp3) is 0.882. The first kappa shape index (κ1) is 16.3. The van der Waals surface area contributed by atoms with E-state index in [0.29, 0.717) is 12.4 Å². The summed E-state index contributed by atoms with van der Waals surface area (Å²) in [5.74, 6) is 0.920. The Balaban J connectivity index is 1.60. The zero-order valence-electron chi connectivity index (χ0n) is 13.6. The molecule has 0 aromatic heterocycles. The molecule has 1 N–H and O–H groups in total. The molecule has 120 valence electrons. The Hall–Kier alpha value is -1.06. The van der Waals surface area contributed by atoms with Crippen LogP contribution in [0.3, 0.4) is 0 Å². The molecule has 2 aliphatic heterocycles. The second-order valence-corrected chi connectivity index (χ2v) is 6.53. The molecule has 0 radical (unpaired) electrons. The smallest absolute Gasteiger partial charge is 0.242 e. The number of hydrogen-bond donors (Lipinski definition) is 1. The summed E-state index contributed by atoms with van der Waals surface area (Å²) in [6.07, 6.45) is 12.5.